The summed E-state index contributed by atoms with van der Waals surface area (Å²) in [5.41, 5.74) is 8.16. The number of aliphatic hydroxyl groups is 1. The lowest BCUT2D eigenvalue weighted by molar-refractivity contribution is 0.269. The van der Waals surface area contributed by atoms with Gasteiger partial charge in [0.05, 0.1) is 12.9 Å². The van der Waals surface area contributed by atoms with E-state index in [2.05, 4.69) is 21.5 Å². The van der Waals surface area contributed by atoms with Crippen molar-refractivity contribution in [2.75, 3.05) is 12.3 Å². The van der Waals surface area contributed by atoms with Crippen molar-refractivity contribution in [1.29, 1.82) is 0 Å². The maximum atomic E-state index is 9.10. The van der Waals surface area contributed by atoms with Crippen LogP contribution in [-0.4, -0.2) is 31.2 Å². The van der Waals surface area contributed by atoms with Gasteiger partial charge in [-0.1, -0.05) is 12.2 Å². The second-order valence-electron chi connectivity index (χ2n) is 4.30. The Bertz CT molecular complexity index is 591. The lowest BCUT2D eigenvalue weighted by Gasteiger charge is -2.01. The number of aromatic nitrogens is 4. The molecule has 0 saturated heterocycles. The molecule has 6 heteroatoms. The fraction of sp³-hybridized carbons (Fsp3) is 0.364. The number of rotatable bonds is 3. The van der Waals surface area contributed by atoms with E-state index in [1.54, 1.807) is 6.33 Å². The molecule has 0 amide bonds. The summed E-state index contributed by atoms with van der Waals surface area (Å²) >= 11 is 0. The van der Waals surface area contributed by atoms with Crippen LogP contribution in [0.1, 0.15) is 0 Å². The molecule has 17 heavy (non-hydrogen) atoms. The van der Waals surface area contributed by atoms with Gasteiger partial charge in [0.15, 0.2) is 11.5 Å². The summed E-state index contributed by atoms with van der Waals surface area (Å²) in [6.45, 7) is 4.82. The minimum Gasteiger partial charge on any atom is -0.396 e. The molecule has 2 heterocycles. The molecule has 3 N–H and O–H groups in total. The number of nitrogens with zero attached hydrogens (tertiary/aromatic N) is 4. The summed E-state index contributed by atoms with van der Waals surface area (Å²) in [5.74, 6) is 0.919. The van der Waals surface area contributed by atoms with Crippen LogP contribution in [0.2, 0.25) is 0 Å². The Labute approximate surface area is 97.8 Å². The molecule has 2 aromatic heterocycles. The monoisotopic (exact) mass is 231 g/mol. The van der Waals surface area contributed by atoms with Crippen LogP contribution >= 0.6 is 0 Å². The Kier molecular flexibility index (Phi) is 2.12. The van der Waals surface area contributed by atoms with E-state index in [9.17, 15) is 0 Å². The maximum absolute atomic E-state index is 9.10. The van der Waals surface area contributed by atoms with Crippen molar-refractivity contribution in [2.45, 2.75) is 6.54 Å². The number of hydrogen-bond donors (Lipinski definition) is 2. The first-order valence-electron chi connectivity index (χ1n) is 5.43. The Morgan fingerprint density at radius 2 is 2.18 bits per heavy atom. The molecule has 2 atom stereocenters. The van der Waals surface area contributed by atoms with Gasteiger partial charge in [0, 0.05) is 18.4 Å². The van der Waals surface area contributed by atoms with Crippen molar-refractivity contribution in [3.05, 3.63) is 24.8 Å². The van der Waals surface area contributed by atoms with Crippen LogP contribution in [0, 0.1) is 11.8 Å². The molecule has 1 aliphatic carbocycles. The molecular formula is C11H13N5O. The molecule has 3 rings (SSSR count). The first-order chi connectivity index (χ1) is 8.22. The first kappa shape index (κ1) is 10.2. The van der Waals surface area contributed by atoms with Gasteiger partial charge in [0.2, 0.25) is 0 Å². The van der Waals surface area contributed by atoms with Gasteiger partial charge in [-0.05, 0) is 0 Å². The topological polar surface area (TPSA) is 89.9 Å². The largest absolute Gasteiger partial charge is 0.396 e. The Morgan fingerprint density at radius 3 is 2.88 bits per heavy atom. The third-order valence-electron chi connectivity index (χ3n) is 3.35. The van der Waals surface area contributed by atoms with Crippen LogP contribution in [0.25, 0.3) is 11.2 Å². The van der Waals surface area contributed by atoms with E-state index in [0.717, 1.165) is 17.8 Å². The zero-order chi connectivity index (χ0) is 12.0. The zero-order valence-corrected chi connectivity index (χ0v) is 9.24. The minimum atomic E-state index is 0.160. The van der Waals surface area contributed by atoms with Gasteiger partial charge < -0.3 is 15.4 Å². The number of fused-ring (bicyclic) bond motifs is 1. The zero-order valence-electron chi connectivity index (χ0n) is 9.24. The predicted molar refractivity (Wildman–Crippen MR) is 62.9 cm³/mol. The number of hydrogen-bond acceptors (Lipinski definition) is 5. The smallest absolute Gasteiger partial charge is 0.165 e. The van der Waals surface area contributed by atoms with E-state index < -0.39 is 0 Å². The fourth-order valence-electron chi connectivity index (χ4n) is 2.18. The van der Waals surface area contributed by atoms with Gasteiger partial charge >= 0.3 is 0 Å². The highest BCUT2D eigenvalue weighted by Crippen LogP contribution is 2.45. The average Bonchev–Trinajstić information content (AvgIpc) is 2.74. The van der Waals surface area contributed by atoms with Crippen molar-refractivity contribution in [3.63, 3.8) is 0 Å². The lowest BCUT2D eigenvalue weighted by Crippen LogP contribution is -2.03. The fourth-order valence-corrected chi connectivity index (χ4v) is 2.18. The number of aliphatic hydroxyl groups excluding tert-OH is 1. The van der Waals surface area contributed by atoms with E-state index in [-0.39, 0.29) is 12.5 Å². The Morgan fingerprint density at radius 1 is 1.35 bits per heavy atom. The lowest BCUT2D eigenvalue weighted by atomic mass is 10.3. The van der Waals surface area contributed by atoms with Gasteiger partial charge in [-0.3, -0.25) is 0 Å². The van der Waals surface area contributed by atoms with Gasteiger partial charge in [-0.2, -0.15) is 0 Å². The second-order valence-corrected chi connectivity index (χ2v) is 4.30. The standard InChI is InChI=1S/C11H13N5O/c1-6-7(8(6)3-17)2-16-5-15-9-10(12)13-4-14-11(9)16/h4-5,7-8,17H,1-3H2,(H2,12,13,14)/t7-,8+/m1/s1. The van der Waals surface area contributed by atoms with Crippen molar-refractivity contribution in [1.82, 2.24) is 19.5 Å². The predicted octanol–water partition coefficient (Wildman–Crippen LogP) is 0.203. The van der Waals surface area contributed by atoms with Crippen LogP contribution in [0.15, 0.2) is 24.8 Å². The van der Waals surface area contributed by atoms with Crippen LogP contribution in [0.3, 0.4) is 0 Å². The molecule has 0 bridgehead atoms. The summed E-state index contributed by atoms with van der Waals surface area (Å²) in [6.07, 6.45) is 3.14. The normalized spacial score (nSPS) is 23.2. The maximum Gasteiger partial charge on any atom is 0.165 e. The molecule has 2 aromatic rings. The average molecular weight is 231 g/mol. The summed E-state index contributed by atoms with van der Waals surface area (Å²) in [6, 6.07) is 0. The molecule has 1 saturated carbocycles. The van der Waals surface area contributed by atoms with Crippen molar-refractivity contribution >= 4 is 17.0 Å². The summed E-state index contributed by atoms with van der Waals surface area (Å²) < 4.78 is 1.93. The van der Waals surface area contributed by atoms with Crippen LogP contribution in [-0.2, 0) is 6.54 Å². The third kappa shape index (κ3) is 1.49. The number of nitrogens with two attached hydrogens (primary N) is 1. The number of anilines is 1. The highest BCUT2D eigenvalue weighted by atomic mass is 16.3. The first-order valence-corrected chi connectivity index (χ1v) is 5.43. The third-order valence-corrected chi connectivity index (χ3v) is 3.35. The van der Waals surface area contributed by atoms with Gasteiger partial charge in [0.25, 0.3) is 0 Å². The highest BCUT2D eigenvalue weighted by molar-refractivity contribution is 5.81. The molecule has 1 fully saturated rings. The summed E-state index contributed by atoms with van der Waals surface area (Å²) in [7, 11) is 0. The van der Waals surface area contributed by atoms with Crippen LogP contribution < -0.4 is 5.73 Å². The highest BCUT2D eigenvalue weighted by Gasteiger charge is 2.41. The van der Waals surface area contributed by atoms with Crippen molar-refractivity contribution in [3.8, 4) is 0 Å². The molecule has 0 radical (unpaired) electrons. The van der Waals surface area contributed by atoms with Crippen molar-refractivity contribution < 1.29 is 5.11 Å². The quantitative estimate of drug-likeness (QED) is 0.737. The van der Waals surface area contributed by atoms with Gasteiger partial charge in [0.1, 0.15) is 11.8 Å². The van der Waals surface area contributed by atoms with E-state index in [0.29, 0.717) is 17.3 Å². The van der Waals surface area contributed by atoms with E-state index in [4.69, 9.17) is 10.8 Å². The molecule has 0 spiro atoms. The summed E-state index contributed by atoms with van der Waals surface area (Å²) in [5, 5.41) is 9.10. The molecule has 0 unspecified atom stereocenters. The van der Waals surface area contributed by atoms with Crippen LogP contribution in [0.5, 0.6) is 0 Å². The second kappa shape index (κ2) is 3.53. The van der Waals surface area contributed by atoms with Gasteiger partial charge in [-0.15, -0.1) is 0 Å². The number of imidazole rings is 1. The number of nitrogen functional groups attached to an aromatic ring is 1. The van der Waals surface area contributed by atoms with Crippen LogP contribution in [0.4, 0.5) is 5.82 Å². The Balaban J connectivity index is 1.92. The van der Waals surface area contributed by atoms with E-state index in [1.165, 1.54) is 6.33 Å². The molecule has 0 aliphatic heterocycles. The summed E-state index contributed by atoms with van der Waals surface area (Å²) in [4.78, 5) is 12.3. The Hall–Kier alpha value is -1.95. The molecule has 6 nitrogen and oxygen atoms in total. The van der Waals surface area contributed by atoms with E-state index in [1.807, 2.05) is 4.57 Å². The van der Waals surface area contributed by atoms with Gasteiger partial charge in [-0.25, -0.2) is 15.0 Å². The van der Waals surface area contributed by atoms with Crippen molar-refractivity contribution in [2.24, 2.45) is 11.8 Å². The molecular weight excluding hydrogens is 218 g/mol. The SMILES string of the molecule is C=C1[C@@H](Cn2cnc3c(N)ncnc32)[C@H]1CO. The van der Waals surface area contributed by atoms with E-state index >= 15 is 0 Å². The molecule has 88 valence electrons. The molecule has 0 aromatic carbocycles. The minimum absolute atomic E-state index is 0.160. The molecule has 1 aliphatic rings.